The van der Waals surface area contributed by atoms with Gasteiger partial charge >= 0.3 is 0 Å². The van der Waals surface area contributed by atoms with Gasteiger partial charge < -0.3 is 29.1 Å². The van der Waals surface area contributed by atoms with Crippen molar-refractivity contribution in [3.05, 3.63) is 53.6 Å². The second-order valence-corrected chi connectivity index (χ2v) is 7.22. The predicted octanol–water partition coefficient (Wildman–Crippen LogP) is 3.30. The molecule has 1 amide bonds. The SMILES string of the molecule is COc1cc(N=c2oc3cc(O)ccc3cc2C(=O)NCC2CCCO2)cc(OC)c1. The first kappa shape index (κ1) is 20.7. The molecule has 8 nitrogen and oxygen atoms in total. The topological polar surface area (TPSA) is 103 Å². The molecule has 4 rings (SSSR count). The molecule has 0 radical (unpaired) electrons. The van der Waals surface area contributed by atoms with E-state index in [2.05, 4.69) is 10.3 Å². The van der Waals surface area contributed by atoms with Gasteiger partial charge in [-0.1, -0.05) is 0 Å². The molecule has 1 unspecified atom stereocenters. The van der Waals surface area contributed by atoms with Crippen LogP contribution in [0.5, 0.6) is 17.2 Å². The highest BCUT2D eigenvalue weighted by molar-refractivity contribution is 5.96. The van der Waals surface area contributed by atoms with Crippen molar-refractivity contribution >= 4 is 22.6 Å². The first-order valence-corrected chi connectivity index (χ1v) is 10.00. The summed E-state index contributed by atoms with van der Waals surface area (Å²) in [6.07, 6.45) is 1.93. The summed E-state index contributed by atoms with van der Waals surface area (Å²) in [4.78, 5) is 17.5. The van der Waals surface area contributed by atoms with Crippen molar-refractivity contribution in [1.82, 2.24) is 5.32 Å². The summed E-state index contributed by atoms with van der Waals surface area (Å²) in [5, 5.41) is 13.4. The van der Waals surface area contributed by atoms with Crippen molar-refractivity contribution in [3.63, 3.8) is 0 Å². The molecule has 1 atom stereocenters. The zero-order valence-electron chi connectivity index (χ0n) is 17.4. The van der Waals surface area contributed by atoms with Gasteiger partial charge in [-0.3, -0.25) is 4.79 Å². The Labute approximate surface area is 179 Å². The van der Waals surface area contributed by atoms with E-state index in [1.165, 1.54) is 12.1 Å². The van der Waals surface area contributed by atoms with E-state index in [0.717, 1.165) is 12.8 Å². The third kappa shape index (κ3) is 4.80. The van der Waals surface area contributed by atoms with Gasteiger partial charge in [0.15, 0.2) is 0 Å². The first-order chi connectivity index (χ1) is 15.1. The van der Waals surface area contributed by atoms with Crippen LogP contribution in [0.15, 0.2) is 51.9 Å². The van der Waals surface area contributed by atoms with Crippen LogP contribution in [0.2, 0.25) is 0 Å². The Hall–Kier alpha value is -3.52. The van der Waals surface area contributed by atoms with Crippen molar-refractivity contribution < 1.29 is 28.5 Å². The summed E-state index contributed by atoms with van der Waals surface area (Å²) in [6, 6.07) is 11.5. The van der Waals surface area contributed by atoms with Crippen LogP contribution in [0.25, 0.3) is 11.0 Å². The number of ether oxygens (including phenoxy) is 3. The summed E-state index contributed by atoms with van der Waals surface area (Å²) in [5.41, 5.74) is 1.29. The molecule has 2 heterocycles. The number of carbonyl (C=O) groups excluding carboxylic acids is 1. The minimum absolute atomic E-state index is 0.0151. The smallest absolute Gasteiger partial charge is 0.256 e. The Morgan fingerprint density at radius 1 is 1.16 bits per heavy atom. The van der Waals surface area contributed by atoms with Gasteiger partial charge in [0.05, 0.1) is 26.0 Å². The maximum atomic E-state index is 13.0. The second-order valence-electron chi connectivity index (χ2n) is 7.22. The van der Waals surface area contributed by atoms with E-state index < -0.39 is 0 Å². The van der Waals surface area contributed by atoms with E-state index in [0.29, 0.717) is 41.3 Å². The molecule has 0 aliphatic carbocycles. The fraction of sp³-hybridized carbons (Fsp3) is 0.304. The van der Waals surface area contributed by atoms with Gasteiger partial charge in [0, 0.05) is 42.8 Å². The average molecular weight is 424 g/mol. The summed E-state index contributed by atoms with van der Waals surface area (Å²) in [6.45, 7) is 1.13. The molecule has 1 aliphatic heterocycles. The van der Waals surface area contributed by atoms with Gasteiger partial charge in [-0.05, 0) is 31.0 Å². The second kappa shape index (κ2) is 9.09. The predicted molar refractivity (Wildman–Crippen MR) is 114 cm³/mol. The number of nitrogens with one attached hydrogen (secondary N) is 1. The van der Waals surface area contributed by atoms with Crippen LogP contribution in [0.1, 0.15) is 23.2 Å². The summed E-state index contributed by atoms with van der Waals surface area (Å²) < 4.78 is 22.1. The van der Waals surface area contributed by atoms with Gasteiger partial charge in [-0.15, -0.1) is 0 Å². The van der Waals surface area contributed by atoms with Crippen LogP contribution >= 0.6 is 0 Å². The number of amides is 1. The van der Waals surface area contributed by atoms with E-state index in [9.17, 15) is 9.90 Å². The quantitative estimate of drug-likeness (QED) is 0.630. The molecular formula is C23H24N2O6. The van der Waals surface area contributed by atoms with Gasteiger partial charge in [-0.2, -0.15) is 0 Å². The van der Waals surface area contributed by atoms with Crippen molar-refractivity contribution in [2.24, 2.45) is 4.99 Å². The molecule has 2 N–H and O–H groups in total. The molecule has 3 aromatic rings. The van der Waals surface area contributed by atoms with Crippen LogP contribution in [0, 0.1) is 0 Å². The molecular weight excluding hydrogens is 400 g/mol. The summed E-state index contributed by atoms with van der Waals surface area (Å²) >= 11 is 0. The van der Waals surface area contributed by atoms with Gasteiger partial charge in [0.25, 0.3) is 5.91 Å². The lowest BCUT2D eigenvalue weighted by molar-refractivity contribution is 0.0854. The number of fused-ring (bicyclic) bond motifs is 1. The number of hydrogen-bond acceptors (Lipinski definition) is 7. The normalized spacial score (nSPS) is 16.5. The van der Waals surface area contributed by atoms with Crippen molar-refractivity contribution in [2.45, 2.75) is 18.9 Å². The molecule has 8 heteroatoms. The van der Waals surface area contributed by atoms with Gasteiger partial charge in [-0.25, -0.2) is 4.99 Å². The highest BCUT2D eigenvalue weighted by Crippen LogP contribution is 2.28. The fourth-order valence-electron chi connectivity index (χ4n) is 3.43. The zero-order chi connectivity index (χ0) is 21.8. The maximum Gasteiger partial charge on any atom is 0.256 e. The number of rotatable bonds is 6. The third-order valence-electron chi connectivity index (χ3n) is 5.06. The number of aromatic hydroxyl groups is 1. The number of methoxy groups -OCH3 is 2. The molecule has 1 fully saturated rings. The maximum absolute atomic E-state index is 13.0. The molecule has 1 aromatic heterocycles. The molecule has 0 bridgehead atoms. The summed E-state index contributed by atoms with van der Waals surface area (Å²) in [5.74, 6) is 0.852. The van der Waals surface area contributed by atoms with Gasteiger partial charge in [0.1, 0.15) is 28.4 Å². The fourth-order valence-corrected chi connectivity index (χ4v) is 3.43. The van der Waals surface area contributed by atoms with Crippen LogP contribution in [0.3, 0.4) is 0 Å². The standard InChI is InChI=1S/C23H24N2O6/c1-28-18-9-15(10-19(12-18)29-2)25-23-20(22(27)24-13-17-4-3-7-30-17)8-14-5-6-16(26)11-21(14)31-23/h5-6,8-12,17,26H,3-4,7,13H2,1-2H3,(H,24,27). The van der Waals surface area contributed by atoms with Crippen LogP contribution < -0.4 is 20.3 Å². The largest absolute Gasteiger partial charge is 0.508 e. The molecule has 1 saturated heterocycles. The van der Waals surface area contributed by atoms with Crippen molar-refractivity contribution in [2.75, 3.05) is 27.4 Å². The number of benzene rings is 2. The lowest BCUT2D eigenvalue weighted by Crippen LogP contribution is -2.34. The van der Waals surface area contributed by atoms with E-state index in [1.807, 2.05) is 0 Å². The third-order valence-corrected chi connectivity index (χ3v) is 5.06. The number of phenols is 1. The first-order valence-electron chi connectivity index (χ1n) is 10.00. The van der Waals surface area contributed by atoms with E-state index in [4.69, 9.17) is 18.6 Å². The Bertz CT molecular complexity index is 1140. The number of nitrogens with zero attached hydrogens (tertiary/aromatic N) is 1. The van der Waals surface area contributed by atoms with E-state index in [1.54, 1.807) is 44.6 Å². The Morgan fingerprint density at radius 3 is 2.61 bits per heavy atom. The number of phenolic OH excluding ortho intramolecular Hbond substituents is 1. The highest BCUT2D eigenvalue weighted by Gasteiger charge is 2.19. The molecule has 162 valence electrons. The van der Waals surface area contributed by atoms with Crippen LogP contribution in [0.4, 0.5) is 5.69 Å². The molecule has 0 saturated carbocycles. The van der Waals surface area contributed by atoms with Crippen molar-refractivity contribution in [1.29, 1.82) is 0 Å². The van der Waals surface area contributed by atoms with E-state index >= 15 is 0 Å². The zero-order valence-corrected chi connectivity index (χ0v) is 17.4. The number of hydrogen-bond donors (Lipinski definition) is 2. The number of carbonyl (C=O) groups is 1. The van der Waals surface area contributed by atoms with Gasteiger partial charge in [0.2, 0.25) is 5.55 Å². The molecule has 31 heavy (non-hydrogen) atoms. The Kier molecular flexibility index (Phi) is 6.08. The average Bonchev–Trinajstić information content (AvgIpc) is 3.30. The molecule has 1 aliphatic rings. The summed E-state index contributed by atoms with van der Waals surface area (Å²) in [7, 11) is 3.09. The van der Waals surface area contributed by atoms with Crippen molar-refractivity contribution in [3.8, 4) is 17.2 Å². The molecule has 2 aromatic carbocycles. The minimum Gasteiger partial charge on any atom is -0.508 e. The Morgan fingerprint density at radius 2 is 1.94 bits per heavy atom. The highest BCUT2D eigenvalue weighted by atomic mass is 16.5. The molecule has 0 spiro atoms. The van der Waals surface area contributed by atoms with E-state index in [-0.39, 0.29) is 28.9 Å². The lowest BCUT2D eigenvalue weighted by Gasteiger charge is -2.11. The Balaban J connectivity index is 1.78. The van der Waals surface area contributed by atoms with Crippen LogP contribution in [-0.4, -0.2) is 44.5 Å². The van der Waals surface area contributed by atoms with Crippen LogP contribution in [-0.2, 0) is 4.74 Å². The monoisotopic (exact) mass is 424 g/mol. The lowest BCUT2D eigenvalue weighted by atomic mass is 10.1. The minimum atomic E-state index is -0.317.